The first-order chi connectivity index (χ1) is 9.07. The van der Waals surface area contributed by atoms with Gasteiger partial charge in [0.25, 0.3) is 0 Å². The normalized spacial score (nSPS) is 17.3. The van der Waals surface area contributed by atoms with Crippen molar-refractivity contribution in [3.05, 3.63) is 28.8 Å². The summed E-state index contributed by atoms with van der Waals surface area (Å²) in [5.74, 6) is 0.893. The van der Waals surface area contributed by atoms with Crippen molar-refractivity contribution in [2.75, 3.05) is 27.7 Å². The van der Waals surface area contributed by atoms with Crippen LogP contribution >= 0.6 is 11.6 Å². The van der Waals surface area contributed by atoms with Crippen molar-refractivity contribution < 1.29 is 4.74 Å². The van der Waals surface area contributed by atoms with E-state index in [9.17, 15) is 0 Å². The molecule has 0 saturated heterocycles. The van der Waals surface area contributed by atoms with Crippen molar-refractivity contribution in [3.63, 3.8) is 0 Å². The van der Waals surface area contributed by atoms with Gasteiger partial charge in [-0.2, -0.15) is 0 Å². The molecule has 3 nitrogen and oxygen atoms in total. The molecule has 0 heterocycles. The van der Waals surface area contributed by atoms with E-state index in [-0.39, 0.29) is 0 Å². The molecule has 1 aromatic rings. The summed E-state index contributed by atoms with van der Waals surface area (Å²) in [6.45, 7) is 1.80. The van der Waals surface area contributed by atoms with Crippen molar-refractivity contribution in [1.82, 2.24) is 10.2 Å². The molecule has 0 spiro atoms. The number of ether oxygens (including phenoxy) is 1. The fourth-order valence-electron chi connectivity index (χ4n) is 2.68. The van der Waals surface area contributed by atoms with Gasteiger partial charge in [-0.05, 0) is 51.6 Å². The third kappa shape index (κ3) is 3.22. The highest BCUT2D eigenvalue weighted by Gasteiger charge is 2.38. The monoisotopic (exact) mass is 282 g/mol. The maximum absolute atomic E-state index is 6.04. The van der Waals surface area contributed by atoms with E-state index in [1.807, 2.05) is 18.2 Å². The first kappa shape index (κ1) is 14.6. The Morgan fingerprint density at radius 1 is 1.37 bits per heavy atom. The molecule has 1 aromatic carbocycles. The van der Waals surface area contributed by atoms with Crippen LogP contribution in [0.1, 0.15) is 24.8 Å². The molecule has 0 bridgehead atoms. The van der Waals surface area contributed by atoms with Crippen molar-refractivity contribution in [2.24, 2.45) is 0 Å². The number of methoxy groups -OCH3 is 1. The van der Waals surface area contributed by atoms with Gasteiger partial charge in [0.15, 0.2) is 0 Å². The molecule has 1 fully saturated rings. The van der Waals surface area contributed by atoms with Crippen LogP contribution in [0.5, 0.6) is 5.75 Å². The molecule has 0 aliphatic heterocycles. The Morgan fingerprint density at radius 3 is 2.63 bits per heavy atom. The third-order valence-electron chi connectivity index (χ3n) is 4.24. The Hall–Kier alpha value is -0.770. The summed E-state index contributed by atoms with van der Waals surface area (Å²) in [5.41, 5.74) is 1.45. The number of hydrogen-bond donors (Lipinski definition) is 1. The lowest BCUT2D eigenvalue weighted by atomic mass is 9.75. The Morgan fingerprint density at radius 2 is 2.11 bits per heavy atom. The Labute approximate surface area is 120 Å². The minimum absolute atomic E-state index is 0.339. The van der Waals surface area contributed by atoms with Crippen molar-refractivity contribution in [1.29, 1.82) is 0 Å². The minimum Gasteiger partial charge on any atom is -0.496 e. The van der Waals surface area contributed by atoms with Gasteiger partial charge in [0.2, 0.25) is 0 Å². The quantitative estimate of drug-likeness (QED) is 0.868. The van der Waals surface area contributed by atoms with Gasteiger partial charge in [0.05, 0.1) is 7.11 Å². The molecule has 1 saturated carbocycles. The van der Waals surface area contributed by atoms with Gasteiger partial charge in [-0.25, -0.2) is 0 Å². The number of nitrogens with zero attached hydrogens (tertiary/aromatic N) is 1. The molecule has 0 radical (unpaired) electrons. The zero-order valence-corrected chi connectivity index (χ0v) is 12.8. The van der Waals surface area contributed by atoms with Gasteiger partial charge < -0.3 is 15.0 Å². The molecule has 0 amide bonds. The van der Waals surface area contributed by atoms with Crippen LogP contribution in [0.15, 0.2) is 18.2 Å². The van der Waals surface area contributed by atoms with Crippen molar-refractivity contribution in [3.8, 4) is 5.75 Å². The molecule has 2 rings (SSSR count). The van der Waals surface area contributed by atoms with E-state index in [1.54, 1.807) is 7.11 Å². The predicted octanol–water partition coefficient (Wildman–Crippen LogP) is 2.92. The molecule has 0 aromatic heterocycles. The second kappa shape index (κ2) is 6.12. The molecule has 1 aliphatic carbocycles. The van der Waals surface area contributed by atoms with E-state index < -0.39 is 0 Å². The largest absolute Gasteiger partial charge is 0.496 e. The molecule has 1 aliphatic rings. The molecule has 4 heteroatoms. The topological polar surface area (TPSA) is 24.5 Å². The van der Waals surface area contributed by atoms with E-state index in [2.05, 4.69) is 24.3 Å². The second-order valence-corrected chi connectivity index (χ2v) is 5.97. The van der Waals surface area contributed by atoms with Gasteiger partial charge in [0.1, 0.15) is 5.75 Å². The SMILES string of the molecule is COc1ccc(Cl)cc1CNCC1(N(C)C)CCC1. The lowest BCUT2D eigenvalue weighted by Gasteiger charge is -2.47. The standard InChI is InChI=1S/C15H23ClN2O/c1-18(2)15(7-4-8-15)11-17-10-12-9-13(16)5-6-14(12)19-3/h5-6,9,17H,4,7-8,10-11H2,1-3H3. The van der Waals surface area contributed by atoms with E-state index in [0.29, 0.717) is 5.54 Å². The van der Waals surface area contributed by atoms with Crippen LogP contribution in [0, 0.1) is 0 Å². The van der Waals surface area contributed by atoms with Crippen LogP contribution < -0.4 is 10.1 Å². The molecule has 19 heavy (non-hydrogen) atoms. The number of nitrogens with one attached hydrogen (secondary N) is 1. The first-order valence-corrected chi connectivity index (χ1v) is 7.16. The summed E-state index contributed by atoms with van der Waals surface area (Å²) in [4.78, 5) is 2.35. The van der Waals surface area contributed by atoms with E-state index >= 15 is 0 Å². The van der Waals surface area contributed by atoms with E-state index in [4.69, 9.17) is 16.3 Å². The van der Waals surface area contributed by atoms with Gasteiger partial charge in [-0.15, -0.1) is 0 Å². The zero-order chi connectivity index (χ0) is 13.9. The molecule has 0 unspecified atom stereocenters. The molecule has 0 atom stereocenters. The van der Waals surface area contributed by atoms with Gasteiger partial charge >= 0.3 is 0 Å². The van der Waals surface area contributed by atoms with Crippen LogP contribution in [-0.2, 0) is 6.54 Å². The highest BCUT2D eigenvalue weighted by molar-refractivity contribution is 6.30. The van der Waals surface area contributed by atoms with Gasteiger partial charge in [0, 0.05) is 29.2 Å². The lowest BCUT2D eigenvalue weighted by Crippen LogP contribution is -2.56. The van der Waals surface area contributed by atoms with Crippen LogP contribution in [0.3, 0.4) is 0 Å². The summed E-state index contributed by atoms with van der Waals surface area (Å²) < 4.78 is 5.36. The summed E-state index contributed by atoms with van der Waals surface area (Å²) in [6.07, 6.45) is 3.89. The first-order valence-electron chi connectivity index (χ1n) is 6.78. The molecular weight excluding hydrogens is 260 g/mol. The number of likely N-dealkylation sites (N-methyl/N-ethyl adjacent to an activating group) is 1. The Balaban J connectivity index is 1.94. The summed E-state index contributed by atoms with van der Waals surface area (Å²) >= 11 is 6.04. The van der Waals surface area contributed by atoms with Gasteiger partial charge in [-0.1, -0.05) is 11.6 Å². The maximum Gasteiger partial charge on any atom is 0.123 e. The van der Waals surface area contributed by atoms with Crippen molar-refractivity contribution in [2.45, 2.75) is 31.3 Å². The molecule has 1 N–H and O–H groups in total. The fraction of sp³-hybridized carbons (Fsp3) is 0.600. The highest BCUT2D eigenvalue weighted by atomic mass is 35.5. The van der Waals surface area contributed by atoms with Gasteiger partial charge in [-0.3, -0.25) is 0 Å². The summed E-state index contributed by atoms with van der Waals surface area (Å²) in [7, 11) is 6.03. The van der Waals surface area contributed by atoms with Crippen LogP contribution in [0.4, 0.5) is 0 Å². The second-order valence-electron chi connectivity index (χ2n) is 5.53. The number of rotatable bonds is 6. The van der Waals surface area contributed by atoms with Crippen molar-refractivity contribution >= 4 is 11.6 Å². The molecular formula is C15H23ClN2O. The average Bonchev–Trinajstić information content (AvgIpc) is 2.32. The van der Waals surface area contributed by atoms with Crippen LogP contribution in [0.25, 0.3) is 0 Å². The summed E-state index contributed by atoms with van der Waals surface area (Å²) in [6, 6.07) is 5.75. The third-order valence-corrected chi connectivity index (χ3v) is 4.48. The predicted molar refractivity (Wildman–Crippen MR) is 80.0 cm³/mol. The number of halogens is 1. The molecule has 106 valence electrons. The zero-order valence-electron chi connectivity index (χ0n) is 12.0. The average molecular weight is 283 g/mol. The fourth-order valence-corrected chi connectivity index (χ4v) is 2.88. The summed E-state index contributed by atoms with van der Waals surface area (Å²) in [5, 5.41) is 4.30. The minimum atomic E-state index is 0.339. The van der Waals surface area contributed by atoms with Crippen LogP contribution in [0.2, 0.25) is 5.02 Å². The lowest BCUT2D eigenvalue weighted by molar-refractivity contribution is 0.0598. The maximum atomic E-state index is 6.04. The van der Waals surface area contributed by atoms with Crippen LogP contribution in [-0.4, -0.2) is 38.2 Å². The van der Waals surface area contributed by atoms with E-state index in [0.717, 1.165) is 29.4 Å². The number of benzene rings is 1. The Bertz CT molecular complexity index is 430. The van der Waals surface area contributed by atoms with E-state index in [1.165, 1.54) is 19.3 Å². The smallest absolute Gasteiger partial charge is 0.123 e. The Kier molecular flexibility index (Phi) is 4.71. The number of hydrogen-bond acceptors (Lipinski definition) is 3. The highest BCUT2D eigenvalue weighted by Crippen LogP contribution is 2.35.